The minimum Gasteiger partial charge on any atom is -0.406 e. The van der Waals surface area contributed by atoms with Crippen molar-refractivity contribution in [1.82, 2.24) is 14.5 Å². The lowest BCUT2D eigenvalue weighted by atomic mass is 9.97. The van der Waals surface area contributed by atoms with E-state index in [1.165, 1.54) is 23.9 Å². The predicted molar refractivity (Wildman–Crippen MR) is 116 cm³/mol. The van der Waals surface area contributed by atoms with E-state index >= 15 is 0 Å². The topological polar surface area (TPSA) is 76.5 Å². The van der Waals surface area contributed by atoms with Gasteiger partial charge in [0, 0.05) is 30.0 Å². The normalized spacial score (nSPS) is 13.7. The van der Waals surface area contributed by atoms with E-state index in [-0.39, 0.29) is 23.1 Å². The number of likely N-dealkylation sites (N-methyl/N-ethyl adjacent to an activating group) is 1. The lowest BCUT2D eigenvalue weighted by Gasteiger charge is -2.23. The van der Waals surface area contributed by atoms with Gasteiger partial charge in [0.2, 0.25) is 5.91 Å². The van der Waals surface area contributed by atoms with Crippen LogP contribution in [0.1, 0.15) is 24.1 Å². The average Bonchev–Trinajstić information content (AvgIpc) is 2.71. The van der Waals surface area contributed by atoms with Crippen LogP contribution in [0.25, 0.3) is 0 Å². The summed E-state index contributed by atoms with van der Waals surface area (Å²) in [5, 5.41) is 3.21. The second-order valence-corrected chi connectivity index (χ2v) is 8.66. The van der Waals surface area contributed by atoms with Gasteiger partial charge in [-0.2, -0.15) is 4.98 Å². The lowest BCUT2D eigenvalue weighted by molar-refractivity contribution is -0.274. The Bertz CT molecular complexity index is 1010. The van der Waals surface area contributed by atoms with E-state index in [1.54, 1.807) is 4.57 Å². The standard InChI is InChI=1S/C21H25F3N4O3S/c1-27(2)11-12-28-17-6-4-3-5-16(17)19(26-20(28)30)32-13-18(29)25-14-7-9-15(10-8-14)31-21(22,23)24/h7-10H,3-6,11-13H2,1-2H3,(H,25,29). The highest BCUT2D eigenvalue weighted by Crippen LogP contribution is 2.29. The van der Waals surface area contributed by atoms with Crippen LogP contribution in [0.15, 0.2) is 34.1 Å². The number of halogens is 3. The average molecular weight is 471 g/mol. The summed E-state index contributed by atoms with van der Waals surface area (Å²) in [6.45, 7) is 1.30. The number of alkyl halides is 3. The second-order valence-electron chi connectivity index (χ2n) is 7.70. The number of amides is 1. The molecule has 0 unspecified atom stereocenters. The zero-order valence-corrected chi connectivity index (χ0v) is 18.7. The van der Waals surface area contributed by atoms with Gasteiger partial charge >= 0.3 is 12.1 Å². The molecule has 0 radical (unpaired) electrons. The van der Waals surface area contributed by atoms with Gasteiger partial charge in [0.05, 0.1) is 5.75 Å². The molecule has 7 nitrogen and oxygen atoms in total. The molecule has 1 amide bonds. The zero-order chi connectivity index (χ0) is 23.3. The molecule has 174 valence electrons. The van der Waals surface area contributed by atoms with Gasteiger partial charge in [-0.25, -0.2) is 4.79 Å². The number of hydrogen-bond acceptors (Lipinski definition) is 6. The summed E-state index contributed by atoms with van der Waals surface area (Å²) in [7, 11) is 3.90. The Kier molecular flexibility index (Phi) is 7.83. The van der Waals surface area contributed by atoms with Gasteiger partial charge in [-0.05, 0) is 64.0 Å². The first kappa shape index (κ1) is 24.1. The number of thioether (sulfide) groups is 1. The fourth-order valence-electron chi connectivity index (χ4n) is 3.47. The number of aromatic nitrogens is 2. The molecule has 0 saturated carbocycles. The largest absolute Gasteiger partial charge is 0.573 e. The third-order valence-electron chi connectivity index (χ3n) is 4.93. The van der Waals surface area contributed by atoms with Gasteiger partial charge in [0.15, 0.2) is 0 Å². The third kappa shape index (κ3) is 6.73. The van der Waals surface area contributed by atoms with Crippen molar-refractivity contribution in [2.24, 2.45) is 0 Å². The summed E-state index contributed by atoms with van der Waals surface area (Å²) in [5.41, 5.74) is 2.07. The number of carbonyl (C=O) groups is 1. The molecule has 3 rings (SSSR count). The maximum Gasteiger partial charge on any atom is 0.573 e. The van der Waals surface area contributed by atoms with Gasteiger partial charge in [0.1, 0.15) is 10.8 Å². The number of benzene rings is 1. The van der Waals surface area contributed by atoms with Gasteiger partial charge in [-0.1, -0.05) is 11.8 Å². The number of hydrogen-bond donors (Lipinski definition) is 1. The first-order valence-corrected chi connectivity index (χ1v) is 11.2. The summed E-state index contributed by atoms with van der Waals surface area (Å²) >= 11 is 1.20. The van der Waals surface area contributed by atoms with Crippen molar-refractivity contribution in [3.05, 3.63) is 46.0 Å². The molecule has 0 spiro atoms. The SMILES string of the molecule is CN(C)CCn1c2c(c(SCC(=O)Nc3ccc(OC(F)(F)F)cc3)nc1=O)CCCC2. The van der Waals surface area contributed by atoms with Crippen LogP contribution >= 0.6 is 11.8 Å². The van der Waals surface area contributed by atoms with Crippen molar-refractivity contribution in [3.8, 4) is 5.75 Å². The van der Waals surface area contributed by atoms with Crippen LogP contribution in [-0.2, 0) is 24.2 Å². The molecule has 1 aliphatic rings. The lowest BCUT2D eigenvalue weighted by Crippen LogP contribution is -2.33. The predicted octanol–water partition coefficient (Wildman–Crippen LogP) is 3.31. The smallest absolute Gasteiger partial charge is 0.406 e. The Balaban J connectivity index is 1.65. The van der Waals surface area contributed by atoms with Gasteiger partial charge in [0.25, 0.3) is 0 Å². The summed E-state index contributed by atoms with van der Waals surface area (Å²) in [6, 6.07) is 4.91. The quantitative estimate of drug-likeness (QED) is 0.471. The number of anilines is 1. The van der Waals surface area contributed by atoms with Crippen LogP contribution in [0.2, 0.25) is 0 Å². The van der Waals surface area contributed by atoms with Crippen molar-refractivity contribution in [2.75, 3.05) is 31.7 Å². The molecule has 1 heterocycles. The maximum atomic E-state index is 12.6. The van der Waals surface area contributed by atoms with E-state index in [2.05, 4.69) is 15.0 Å². The molecule has 1 aliphatic carbocycles. The van der Waals surface area contributed by atoms with Crippen molar-refractivity contribution >= 4 is 23.4 Å². The molecule has 0 bridgehead atoms. The van der Waals surface area contributed by atoms with E-state index in [1.807, 2.05) is 19.0 Å². The molecule has 2 aromatic rings. The number of carbonyl (C=O) groups excluding carboxylic acids is 1. The number of nitrogens with zero attached hydrogens (tertiary/aromatic N) is 3. The van der Waals surface area contributed by atoms with E-state index in [0.29, 0.717) is 17.3 Å². The summed E-state index contributed by atoms with van der Waals surface area (Å²) in [6.07, 6.45) is -1.13. The summed E-state index contributed by atoms with van der Waals surface area (Å²) in [5.74, 6) is -0.681. The summed E-state index contributed by atoms with van der Waals surface area (Å²) in [4.78, 5) is 31.2. The molecule has 1 N–H and O–H groups in total. The third-order valence-corrected chi connectivity index (χ3v) is 5.95. The van der Waals surface area contributed by atoms with E-state index in [0.717, 1.165) is 55.6 Å². The second kappa shape index (κ2) is 10.4. The zero-order valence-electron chi connectivity index (χ0n) is 17.9. The number of nitrogens with one attached hydrogen (secondary N) is 1. The van der Waals surface area contributed by atoms with Crippen molar-refractivity contribution in [3.63, 3.8) is 0 Å². The molecular formula is C21H25F3N4O3S. The molecule has 32 heavy (non-hydrogen) atoms. The Hall–Kier alpha value is -2.53. The minimum atomic E-state index is -4.77. The van der Waals surface area contributed by atoms with Gasteiger partial charge in [-0.15, -0.1) is 13.2 Å². The number of ether oxygens (including phenoxy) is 1. The van der Waals surface area contributed by atoms with E-state index < -0.39 is 6.36 Å². The molecule has 1 aromatic carbocycles. The maximum absolute atomic E-state index is 12.6. The van der Waals surface area contributed by atoms with Crippen LogP contribution in [0.4, 0.5) is 18.9 Å². The molecule has 0 aliphatic heterocycles. The molecule has 11 heteroatoms. The van der Waals surface area contributed by atoms with Crippen LogP contribution in [0, 0.1) is 0 Å². The molecule has 1 aromatic heterocycles. The van der Waals surface area contributed by atoms with Gasteiger partial charge in [-0.3, -0.25) is 9.36 Å². The van der Waals surface area contributed by atoms with E-state index in [4.69, 9.17) is 0 Å². The highest BCUT2D eigenvalue weighted by atomic mass is 32.2. The van der Waals surface area contributed by atoms with Crippen molar-refractivity contribution < 1.29 is 22.7 Å². The van der Waals surface area contributed by atoms with Crippen molar-refractivity contribution in [2.45, 2.75) is 43.6 Å². The first-order valence-electron chi connectivity index (χ1n) is 10.2. The molecule has 0 fully saturated rings. The first-order chi connectivity index (χ1) is 15.1. The van der Waals surface area contributed by atoms with Crippen molar-refractivity contribution in [1.29, 1.82) is 0 Å². The number of rotatable bonds is 8. The Morgan fingerprint density at radius 3 is 2.56 bits per heavy atom. The van der Waals surface area contributed by atoms with E-state index in [9.17, 15) is 22.8 Å². The minimum absolute atomic E-state index is 0.0292. The van der Waals surface area contributed by atoms with Crippen LogP contribution in [0.5, 0.6) is 5.75 Å². The highest BCUT2D eigenvalue weighted by molar-refractivity contribution is 8.00. The fourth-order valence-corrected chi connectivity index (χ4v) is 4.35. The monoisotopic (exact) mass is 470 g/mol. The fraction of sp³-hybridized carbons (Fsp3) is 0.476. The molecular weight excluding hydrogens is 445 g/mol. The highest BCUT2D eigenvalue weighted by Gasteiger charge is 2.31. The number of fused-ring (bicyclic) bond motifs is 1. The van der Waals surface area contributed by atoms with Gasteiger partial charge < -0.3 is 15.0 Å². The van der Waals surface area contributed by atoms with Crippen LogP contribution in [-0.4, -0.2) is 53.1 Å². The van der Waals surface area contributed by atoms with Crippen LogP contribution < -0.4 is 15.7 Å². The molecule has 0 saturated heterocycles. The Morgan fingerprint density at radius 1 is 1.22 bits per heavy atom. The summed E-state index contributed by atoms with van der Waals surface area (Å²) < 4.78 is 42.3. The Labute approximate surface area is 188 Å². The van der Waals surface area contributed by atoms with Crippen LogP contribution in [0.3, 0.4) is 0 Å². The molecule has 0 atom stereocenters. The Morgan fingerprint density at radius 2 is 1.91 bits per heavy atom.